The highest BCUT2D eigenvalue weighted by molar-refractivity contribution is 6.05. The van der Waals surface area contributed by atoms with E-state index in [1.807, 2.05) is 0 Å². The van der Waals surface area contributed by atoms with Crippen molar-refractivity contribution in [3.63, 3.8) is 0 Å². The maximum Gasteiger partial charge on any atom is 0.256 e. The molecule has 0 unspecified atom stereocenters. The van der Waals surface area contributed by atoms with E-state index >= 15 is 0 Å². The summed E-state index contributed by atoms with van der Waals surface area (Å²) in [5.74, 6) is 0.167. The van der Waals surface area contributed by atoms with Crippen LogP contribution < -0.4 is 11.1 Å². The number of rotatable bonds is 2. The number of hydrogen-bond acceptors (Lipinski definition) is 4. The van der Waals surface area contributed by atoms with Crippen LogP contribution in [0.1, 0.15) is 15.9 Å². The molecule has 0 aliphatic rings. The SMILES string of the molecule is Cc1cc(C(=O)Nc2ncccc2N)ccc1O. The van der Waals surface area contributed by atoms with E-state index in [0.717, 1.165) is 0 Å². The van der Waals surface area contributed by atoms with E-state index in [4.69, 9.17) is 5.73 Å². The van der Waals surface area contributed by atoms with Crippen molar-refractivity contribution >= 4 is 17.4 Å². The molecule has 5 heteroatoms. The molecule has 0 fully saturated rings. The number of nitrogens with one attached hydrogen (secondary N) is 1. The Morgan fingerprint density at radius 2 is 2.17 bits per heavy atom. The number of nitrogens with two attached hydrogens (primary N) is 1. The highest BCUT2D eigenvalue weighted by atomic mass is 16.3. The minimum atomic E-state index is -0.316. The van der Waals surface area contributed by atoms with Crippen LogP contribution in [0.15, 0.2) is 36.5 Å². The molecular weight excluding hydrogens is 230 g/mol. The number of pyridine rings is 1. The Hall–Kier alpha value is -2.56. The predicted octanol–water partition coefficient (Wildman–Crippen LogP) is 1.93. The second-order valence-corrected chi connectivity index (χ2v) is 3.90. The number of benzene rings is 1. The molecule has 0 aliphatic carbocycles. The average molecular weight is 243 g/mol. The molecule has 5 nitrogen and oxygen atoms in total. The van der Waals surface area contributed by atoms with Gasteiger partial charge < -0.3 is 16.2 Å². The van der Waals surface area contributed by atoms with Crippen LogP contribution in [-0.2, 0) is 0 Å². The molecule has 1 amide bonds. The topological polar surface area (TPSA) is 88.2 Å². The molecule has 0 bridgehead atoms. The van der Waals surface area contributed by atoms with E-state index in [9.17, 15) is 9.90 Å². The fourth-order valence-corrected chi connectivity index (χ4v) is 1.50. The van der Waals surface area contributed by atoms with Crippen molar-refractivity contribution in [3.8, 4) is 5.75 Å². The van der Waals surface area contributed by atoms with Gasteiger partial charge in [-0.2, -0.15) is 0 Å². The number of carbonyl (C=O) groups excluding carboxylic acids is 1. The maximum absolute atomic E-state index is 11.9. The quantitative estimate of drug-likeness (QED) is 0.752. The predicted molar refractivity (Wildman–Crippen MR) is 69.4 cm³/mol. The smallest absolute Gasteiger partial charge is 0.256 e. The minimum absolute atomic E-state index is 0.156. The van der Waals surface area contributed by atoms with E-state index in [0.29, 0.717) is 22.6 Å². The number of phenolic OH excluding ortho intramolecular Hbond substituents is 1. The molecular formula is C13H13N3O2. The second kappa shape index (κ2) is 4.75. The molecule has 2 rings (SSSR count). The van der Waals surface area contributed by atoms with Crippen LogP contribution in [0.25, 0.3) is 0 Å². The van der Waals surface area contributed by atoms with Gasteiger partial charge in [0.05, 0.1) is 5.69 Å². The van der Waals surface area contributed by atoms with Crippen LogP contribution in [0.5, 0.6) is 5.75 Å². The lowest BCUT2D eigenvalue weighted by molar-refractivity contribution is 0.102. The second-order valence-electron chi connectivity index (χ2n) is 3.90. The Labute approximate surface area is 104 Å². The maximum atomic E-state index is 11.9. The van der Waals surface area contributed by atoms with Crippen molar-refractivity contribution in [2.75, 3.05) is 11.1 Å². The molecule has 2 aromatic rings. The molecule has 1 heterocycles. The van der Waals surface area contributed by atoms with Gasteiger partial charge in [-0.15, -0.1) is 0 Å². The van der Waals surface area contributed by atoms with E-state index in [1.54, 1.807) is 31.3 Å². The first-order chi connectivity index (χ1) is 8.58. The zero-order valence-electron chi connectivity index (χ0n) is 9.84. The Morgan fingerprint density at radius 3 is 2.83 bits per heavy atom. The average Bonchev–Trinajstić information content (AvgIpc) is 2.35. The van der Waals surface area contributed by atoms with Crippen molar-refractivity contribution in [2.24, 2.45) is 0 Å². The Morgan fingerprint density at radius 1 is 1.39 bits per heavy atom. The zero-order valence-corrected chi connectivity index (χ0v) is 9.84. The summed E-state index contributed by atoms with van der Waals surface area (Å²) >= 11 is 0. The van der Waals surface area contributed by atoms with Gasteiger partial charge >= 0.3 is 0 Å². The van der Waals surface area contributed by atoms with Crippen molar-refractivity contribution in [3.05, 3.63) is 47.7 Å². The molecule has 18 heavy (non-hydrogen) atoms. The van der Waals surface area contributed by atoms with Crippen LogP contribution >= 0.6 is 0 Å². The van der Waals surface area contributed by atoms with Crippen molar-refractivity contribution in [2.45, 2.75) is 6.92 Å². The molecule has 0 saturated carbocycles. The van der Waals surface area contributed by atoms with E-state index in [-0.39, 0.29) is 11.7 Å². The summed E-state index contributed by atoms with van der Waals surface area (Å²) in [6.45, 7) is 1.72. The fraction of sp³-hybridized carbons (Fsp3) is 0.0769. The first kappa shape index (κ1) is 11.9. The number of nitrogen functional groups attached to an aromatic ring is 1. The lowest BCUT2D eigenvalue weighted by Crippen LogP contribution is -2.14. The van der Waals surface area contributed by atoms with Crippen molar-refractivity contribution in [1.82, 2.24) is 4.98 Å². The third-order valence-corrected chi connectivity index (χ3v) is 2.53. The molecule has 1 aromatic heterocycles. The number of aromatic hydroxyl groups is 1. The summed E-state index contributed by atoms with van der Waals surface area (Å²) in [5, 5.41) is 12.0. The third-order valence-electron chi connectivity index (χ3n) is 2.53. The molecule has 0 aliphatic heterocycles. The van der Waals surface area contributed by atoms with E-state index in [1.165, 1.54) is 12.1 Å². The fourth-order valence-electron chi connectivity index (χ4n) is 1.50. The number of amides is 1. The van der Waals surface area contributed by atoms with Crippen LogP contribution in [0, 0.1) is 6.92 Å². The Bertz CT molecular complexity index is 597. The van der Waals surface area contributed by atoms with Crippen LogP contribution in [0.4, 0.5) is 11.5 Å². The molecule has 1 aromatic carbocycles. The summed E-state index contributed by atoms with van der Waals surface area (Å²) in [7, 11) is 0. The highest BCUT2D eigenvalue weighted by Gasteiger charge is 2.09. The lowest BCUT2D eigenvalue weighted by atomic mass is 10.1. The summed E-state index contributed by atoms with van der Waals surface area (Å²) in [6.07, 6.45) is 1.55. The van der Waals surface area contributed by atoms with Crippen LogP contribution in [-0.4, -0.2) is 16.0 Å². The normalized spacial score (nSPS) is 10.1. The number of hydrogen-bond donors (Lipinski definition) is 3. The summed E-state index contributed by atoms with van der Waals surface area (Å²) in [5.41, 5.74) is 7.16. The zero-order chi connectivity index (χ0) is 13.1. The molecule has 4 N–H and O–H groups in total. The molecule has 0 atom stereocenters. The Balaban J connectivity index is 2.22. The third kappa shape index (κ3) is 2.40. The van der Waals surface area contributed by atoms with Crippen LogP contribution in [0.3, 0.4) is 0 Å². The standard InChI is InChI=1S/C13H13N3O2/c1-8-7-9(4-5-11(8)17)13(18)16-12-10(14)3-2-6-15-12/h2-7,17H,14H2,1H3,(H,15,16,18). The van der Waals surface area contributed by atoms with E-state index in [2.05, 4.69) is 10.3 Å². The van der Waals surface area contributed by atoms with Crippen molar-refractivity contribution < 1.29 is 9.90 Å². The van der Waals surface area contributed by atoms with Gasteiger partial charge in [0.25, 0.3) is 5.91 Å². The van der Waals surface area contributed by atoms with Crippen molar-refractivity contribution in [1.29, 1.82) is 0 Å². The molecule has 0 spiro atoms. The van der Waals surface area contributed by atoms with Gasteiger partial charge in [-0.1, -0.05) is 0 Å². The first-order valence-electron chi connectivity index (χ1n) is 5.39. The van der Waals surface area contributed by atoms with Gasteiger partial charge in [0, 0.05) is 11.8 Å². The number of carbonyl (C=O) groups is 1. The number of anilines is 2. The highest BCUT2D eigenvalue weighted by Crippen LogP contribution is 2.19. The number of aryl methyl sites for hydroxylation is 1. The summed E-state index contributed by atoms with van der Waals surface area (Å²) in [6, 6.07) is 7.97. The number of nitrogens with zero attached hydrogens (tertiary/aromatic N) is 1. The summed E-state index contributed by atoms with van der Waals surface area (Å²) < 4.78 is 0. The van der Waals surface area contributed by atoms with Gasteiger partial charge in [0.1, 0.15) is 5.75 Å². The first-order valence-corrected chi connectivity index (χ1v) is 5.39. The lowest BCUT2D eigenvalue weighted by Gasteiger charge is -2.07. The van der Waals surface area contributed by atoms with Gasteiger partial charge in [0.2, 0.25) is 0 Å². The number of phenols is 1. The van der Waals surface area contributed by atoms with Gasteiger partial charge in [-0.3, -0.25) is 4.79 Å². The van der Waals surface area contributed by atoms with Crippen LogP contribution in [0.2, 0.25) is 0 Å². The largest absolute Gasteiger partial charge is 0.508 e. The van der Waals surface area contributed by atoms with Gasteiger partial charge in [-0.05, 0) is 42.8 Å². The van der Waals surface area contributed by atoms with E-state index < -0.39 is 0 Å². The Kier molecular flexibility index (Phi) is 3.14. The summed E-state index contributed by atoms with van der Waals surface area (Å²) in [4.78, 5) is 15.9. The van der Waals surface area contributed by atoms with Gasteiger partial charge in [-0.25, -0.2) is 4.98 Å². The number of aromatic nitrogens is 1. The minimum Gasteiger partial charge on any atom is -0.508 e. The monoisotopic (exact) mass is 243 g/mol. The molecule has 0 saturated heterocycles. The molecule has 92 valence electrons. The molecule has 0 radical (unpaired) electrons. The van der Waals surface area contributed by atoms with Gasteiger partial charge in [0.15, 0.2) is 5.82 Å².